The molecular weight excluding hydrogens is 323 g/mol. The molecule has 2 aromatic rings. The first-order valence-corrected chi connectivity index (χ1v) is 7.33. The molecule has 0 aliphatic heterocycles. The predicted molar refractivity (Wildman–Crippen MR) is 83.5 cm³/mol. The first kappa shape index (κ1) is 14.5. The van der Waals surface area contributed by atoms with E-state index in [1.54, 1.807) is 12.1 Å². The molecule has 1 heterocycles. The maximum absolute atomic E-state index is 9.65. The van der Waals surface area contributed by atoms with Crippen LogP contribution in [0.25, 0.3) is 0 Å². The average molecular weight is 333 g/mol. The van der Waals surface area contributed by atoms with E-state index in [0.717, 1.165) is 11.3 Å². The van der Waals surface area contributed by atoms with E-state index in [1.807, 2.05) is 13.0 Å². The van der Waals surface area contributed by atoms with Crippen LogP contribution in [0.1, 0.15) is 17.4 Å². The number of nitrogens with one attached hydrogen (secondary N) is 1. The Bertz CT molecular complexity index is 691. The third kappa shape index (κ3) is 3.57. The molecule has 0 radical (unpaired) electrons. The van der Waals surface area contributed by atoms with Crippen molar-refractivity contribution in [2.45, 2.75) is 13.5 Å². The average Bonchev–Trinajstić information content (AvgIpc) is 2.70. The number of aromatic nitrogens is 1. The fraction of sp³-hybridized carbons (Fsp3) is 0.167. The highest BCUT2D eigenvalue weighted by molar-refractivity contribution is 7.73. The summed E-state index contributed by atoms with van der Waals surface area (Å²) in [4.78, 5) is 7.74. The van der Waals surface area contributed by atoms with E-state index >= 15 is 0 Å². The number of benzene rings is 1. The second-order valence-electron chi connectivity index (χ2n) is 3.84. The number of nitrogens with zero attached hydrogens (tertiary/aromatic N) is 1. The second kappa shape index (κ2) is 6.05. The lowest BCUT2D eigenvalue weighted by Gasteiger charge is -2.01. The molecule has 0 aliphatic rings. The minimum Gasteiger partial charge on any atom is -0.493 e. The zero-order valence-electron chi connectivity index (χ0n) is 9.91. The van der Waals surface area contributed by atoms with Crippen molar-refractivity contribution in [2.75, 3.05) is 0 Å². The molecule has 7 heteroatoms. The van der Waals surface area contributed by atoms with Crippen molar-refractivity contribution in [2.24, 2.45) is 4.99 Å². The summed E-state index contributed by atoms with van der Waals surface area (Å²) in [6, 6.07) is 5.38. The minimum absolute atomic E-state index is 0.0605. The van der Waals surface area contributed by atoms with Crippen molar-refractivity contribution < 1.29 is 5.11 Å². The van der Waals surface area contributed by atoms with Crippen LogP contribution < -0.4 is 0 Å². The van der Waals surface area contributed by atoms with Gasteiger partial charge in [0.15, 0.2) is 3.95 Å². The Kier molecular flexibility index (Phi) is 4.62. The molecule has 0 bridgehead atoms. The molecule has 0 atom stereocenters. The Hall–Kier alpha value is -0.880. The third-order valence-electron chi connectivity index (χ3n) is 2.44. The van der Waals surface area contributed by atoms with Crippen molar-refractivity contribution in [3.05, 3.63) is 42.6 Å². The lowest BCUT2D eigenvalue weighted by Crippen LogP contribution is -1.93. The Morgan fingerprint density at radius 2 is 2.16 bits per heavy atom. The molecule has 0 saturated heterocycles. The van der Waals surface area contributed by atoms with Crippen LogP contribution in [-0.4, -0.2) is 15.8 Å². The van der Waals surface area contributed by atoms with Crippen molar-refractivity contribution in [1.29, 1.82) is 0 Å². The Labute approximate surface area is 129 Å². The van der Waals surface area contributed by atoms with Crippen molar-refractivity contribution in [3.63, 3.8) is 0 Å². The molecule has 0 fully saturated rings. The van der Waals surface area contributed by atoms with Gasteiger partial charge in [-0.15, -0.1) is 0 Å². The molecule has 3 nitrogen and oxygen atoms in total. The number of halogens is 2. The van der Waals surface area contributed by atoms with Gasteiger partial charge in [-0.2, -0.15) is 0 Å². The van der Waals surface area contributed by atoms with E-state index in [4.69, 9.17) is 35.4 Å². The zero-order valence-corrected chi connectivity index (χ0v) is 13.1. The van der Waals surface area contributed by atoms with E-state index in [1.165, 1.54) is 11.3 Å². The van der Waals surface area contributed by atoms with Crippen LogP contribution in [0.3, 0.4) is 0 Å². The molecule has 2 N–H and O–H groups in total. The highest BCUT2D eigenvalue weighted by Gasteiger charge is 2.08. The van der Waals surface area contributed by atoms with Crippen molar-refractivity contribution >= 4 is 52.5 Å². The lowest BCUT2D eigenvalue weighted by molar-refractivity contribution is 0.456. The quantitative estimate of drug-likeness (QED) is 0.624. The van der Waals surface area contributed by atoms with Crippen LogP contribution in [0, 0.1) is 3.95 Å². The molecule has 2 rings (SSSR count). The fourth-order valence-electron chi connectivity index (χ4n) is 1.48. The highest BCUT2D eigenvalue weighted by atomic mass is 35.5. The number of thiazole rings is 1. The molecule has 19 heavy (non-hydrogen) atoms. The maximum atomic E-state index is 9.65. The summed E-state index contributed by atoms with van der Waals surface area (Å²) in [5, 5.41) is 10.7. The van der Waals surface area contributed by atoms with Crippen molar-refractivity contribution in [3.8, 4) is 5.88 Å². The van der Waals surface area contributed by atoms with Gasteiger partial charge in [0.25, 0.3) is 0 Å². The molecule has 1 aromatic heterocycles. The predicted octanol–water partition coefficient (Wildman–Crippen LogP) is 4.83. The molecule has 100 valence electrons. The van der Waals surface area contributed by atoms with E-state index in [9.17, 15) is 5.11 Å². The van der Waals surface area contributed by atoms with E-state index in [2.05, 4.69) is 9.98 Å². The first-order valence-electron chi connectivity index (χ1n) is 5.35. The van der Waals surface area contributed by atoms with Gasteiger partial charge in [0.05, 0.1) is 22.3 Å². The summed E-state index contributed by atoms with van der Waals surface area (Å²) >= 11 is 18.0. The van der Waals surface area contributed by atoms with Gasteiger partial charge in [-0.05, 0) is 36.8 Å². The Morgan fingerprint density at radius 1 is 1.42 bits per heavy atom. The summed E-state index contributed by atoms with van der Waals surface area (Å²) in [5.41, 5.74) is 1.67. The number of aliphatic imine (C=N–C) groups is 1. The van der Waals surface area contributed by atoms with Gasteiger partial charge in [0.2, 0.25) is 5.88 Å². The number of H-pyrrole nitrogens is 1. The van der Waals surface area contributed by atoms with Gasteiger partial charge in [-0.1, -0.05) is 40.6 Å². The fourth-order valence-corrected chi connectivity index (χ4v) is 2.85. The van der Waals surface area contributed by atoms with Gasteiger partial charge in [0, 0.05) is 0 Å². The Balaban J connectivity index is 2.20. The van der Waals surface area contributed by atoms with E-state index in [-0.39, 0.29) is 5.88 Å². The highest BCUT2D eigenvalue weighted by Crippen LogP contribution is 2.24. The van der Waals surface area contributed by atoms with Gasteiger partial charge < -0.3 is 10.1 Å². The molecule has 0 saturated carbocycles. The summed E-state index contributed by atoms with van der Waals surface area (Å²) in [6.07, 6.45) is 0. The molecule has 0 spiro atoms. The Morgan fingerprint density at radius 3 is 2.74 bits per heavy atom. The topological polar surface area (TPSA) is 48.4 Å². The van der Waals surface area contributed by atoms with Crippen LogP contribution in [0.5, 0.6) is 5.88 Å². The summed E-state index contributed by atoms with van der Waals surface area (Å²) in [6.45, 7) is 2.29. The third-order valence-corrected chi connectivity index (χ3v) is 4.51. The van der Waals surface area contributed by atoms with Crippen LogP contribution >= 0.6 is 46.8 Å². The summed E-state index contributed by atoms with van der Waals surface area (Å²) in [7, 11) is 0. The van der Waals surface area contributed by atoms with E-state index in [0.29, 0.717) is 25.4 Å². The second-order valence-corrected chi connectivity index (χ2v) is 6.34. The van der Waals surface area contributed by atoms with Crippen LogP contribution in [0.15, 0.2) is 23.2 Å². The lowest BCUT2D eigenvalue weighted by atomic mass is 10.2. The normalized spacial score (nSPS) is 11.8. The van der Waals surface area contributed by atoms with Gasteiger partial charge >= 0.3 is 0 Å². The van der Waals surface area contributed by atoms with Crippen LogP contribution in [0.4, 0.5) is 0 Å². The standard InChI is InChI=1S/C12H10Cl2N2OS2/c1-6(10-11(17)16-12(18)19-10)15-5-7-2-3-8(13)9(14)4-7/h2-4,17H,5H2,1H3,(H,16,18). The van der Waals surface area contributed by atoms with Crippen LogP contribution in [-0.2, 0) is 6.54 Å². The number of aromatic hydroxyl groups is 1. The van der Waals surface area contributed by atoms with Gasteiger partial charge in [-0.25, -0.2) is 0 Å². The van der Waals surface area contributed by atoms with Gasteiger partial charge in [-0.3, -0.25) is 4.99 Å². The smallest absolute Gasteiger partial charge is 0.209 e. The number of hydrogen-bond donors (Lipinski definition) is 2. The molecular formula is C12H10Cl2N2OS2. The number of hydrogen-bond acceptors (Lipinski definition) is 4. The summed E-state index contributed by atoms with van der Waals surface area (Å²) in [5.74, 6) is 0.0605. The summed E-state index contributed by atoms with van der Waals surface area (Å²) < 4.78 is 0.525. The van der Waals surface area contributed by atoms with E-state index < -0.39 is 0 Å². The molecule has 0 amide bonds. The van der Waals surface area contributed by atoms with Gasteiger partial charge in [0.1, 0.15) is 4.88 Å². The SMILES string of the molecule is CC(=NCc1ccc(Cl)c(Cl)c1)c1sc(=S)[nH]c1O. The largest absolute Gasteiger partial charge is 0.493 e. The number of aromatic amines is 1. The zero-order chi connectivity index (χ0) is 14.0. The molecule has 1 aromatic carbocycles. The molecule has 0 aliphatic carbocycles. The monoisotopic (exact) mass is 332 g/mol. The first-order chi connectivity index (χ1) is 8.97. The molecule has 0 unspecified atom stereocenters. The number of rotatable bonds is 3. The maximum Gasteiger partial charge on any atom is 0.209 e. The minimum atomic E-state index is 0.0605. The van der Waals surface area contributed by atoms with Crippen molar-refractivity contribution in [1.82, 2.24) is 4.98 Å². The van der Waals surface area contributed by atoms with Crippen LogP contribution in [0.2, 0.25) is 10.0 Å².